The summed E-state index contributed by atoms with van der Waals surface area (Å²) in [5.74, 6) is -2.03. The van der Waals surface area contributed by atoms with E-state index in [0.29, 0.717) is 37.7 Å². The van der Waals surface area contributed by atoms with Gasteiger partial charge in [-0.15, -0.1) is 0 Å². The zero-order valence-corrected chi connectivity index (χ0v) is 21.8. The molecule has 7 nitrogen and oxygen atoms in total. The zero-order valence-electron chi connectivity index (χ0n) is 21.8. The standard InChI is InChI=1S/C29H40O7/c1-20(10-13-23-19-24(28(34)35)14-15-25(23)30)7-5-8-21(2)11-16-26(31)29(4,36)18-6-9-22(3)12-17-27(32)33/h8,10,12,14-15,19,30,36H,5-7,9,11,13,16-18H2,1-4H3,(H,32,33)(H,34,35). The number of carbonyl (C=O) groups excluding carboxylic acids is 1. The number of aromatic carboxylic acids is 1. The van der Waals surface area contributed by atoms with Gasteiger partial charge in [0.05, 0.1) is 12.0 Å². The Morgan fingerprint density at radius 3 is 2.17 bits per heavy atom. The van der Waals surface area contributed by atoms with Gasteiger partial charge in [-0.2, -0.15) is 0 Å². The van der Waals surface area contributed by atoms with Gasteiger partial charge in [0.1, 0.15) is 11.4 Å². The van der Waals surface area contributed by atoms with E-state index in [2.05, 4.69) is 6.08 Å². The highest BCUT2D eigenvalue weighted by atomic mass is 16.4. The molecule has 0 bridgehead atoms. The van der Waals surface area contributed by atoms with E-state index < -0.39 is 17.5 Å². The maximum atomic E-state index is 12.5. The average Bonchev–Trinajstić information content (AvgIpc) is 2.80. The topological polar surface area (TPSA) is 132 Å². The average molecular weight is 501 g/mol. The maximum Gasteiger partial charge on any atom is 0.335 e. The van der Waals surface area contributed by atoms with Crippen molar-refractivity contribution in [3.05, 3.63) is 64.3 Å². The van der Waals surface area contributed by atoms with Crippen LogP contribution >= 0.6 is 0 Å². The van der Waals surface area contributed by atoms with Gasteiger partial charge < -0.3 is 20.4 Å². The number of allylic oxidation sites excluding steroid dienone is 5. The fourth-order valence-corrected chi connectivity index (χ4v) is 3.71. The van der Waals surface area contributed by atoms with Gasteiger partial charge in [0.25, 0.3) is 0 Å². The Bertz CT molecular complexity index is 1010. The van der Waals surface area contributed by atoms with E-state index in [1.807, 2.05) is 26.8 Å². The molecule has 0 saturated carbocycles. The van der Waals surface area contributed by atoms with Crippen molar-refractivity contribution < 1.29 is 34.8 Å². The minimum atomic E-state index is -1.39. The lowest BCUT2D eigenvalue weighted by Gasteiger charge is -2.22. The number of carboxylic acid groups (broad SMARTS) is 2. The summed E-state index contributed by atoms with van der Waals surface area (Å²) in [5.41, 5.74) is 2.45. The number of carboxylic acids is 2. The van der Waals surface area contributed by atoms with Crippen LogP contribution in [0, 0.1) is 0 Å². The third-order valence-corrected chi connectivity index (χ3v) is 6.24. The zero-order chi connectivity index (χ0) is 27.3. The van der Waals surface area contributed by atoms with Crippen molar-refractivity contribution in [1.29, 1.82) is 0 Å². The van der Waals surface area contributed by atoms with Crippen molar-refractivity contribution in [2.45, 2.75) is 91.1 Å². The normalized spacial score (nSPS) is 14.4. The highest BCUT2D eigenvalue weighted by Gasteiger charge is 2.28. The molecule has 36 heavy (non-hydrogen) atoms. The summed E-state index contributed by atoms with van der Waals surface area (Å²) in [6, 6.07) is 4.25. The molecule has 0 spiro atoms. The molecule has 7 heteroatoms. The molecule has 0 heterocycles. The molecular weight excluding hydrogens is 460 g/mol. The number of aromatic hydroxyl groups is 1. The lowest BCUT2D eigenvalue weighted by atomic mass is 9.89. The predicted octanol–water partition coefficient (Wildman–Crippen LogP) is 6.00. The summed E-state index contributed by atoms with van der Waals surface area (Å²) in [4.78, 5) is 34.2. The third kappa shape index (κ3) is 12.0. The maximum absolute atomic E-state index is 12.5. The number of carbonyl (C=O) groups is 3. The highest BCUT2D eigenvalue weighted by molar-refractivity contribution is 5.88. The number of Topliss-reactive ketones (excluding diaryl/α,β-unsaturated/α-hetero) is 1. The minimum absolute atomic E-state index is 0.0215. The van der Waals surface area contributed by atoms with Crippen LogP contribution in [-0.4, -0.2) is 43.7 Å². The Morgan fingerprint density at radius 2 is 1.53 bits per heavy atom. The van der Waals surface area contributed by atoms with Crippen LogP contribution in [0.1, 0.15) is 95.0 Å². The van der Waals surface area contributed by atoms with Crippen molar-refractivity contribution in [2.75, 3.05) is 0 Å². The number of hydrogen-bond acceptors (Lipinski definition) is 5. The number of ketones is 1. The van der Waals surface area contributed by atoms with Crippen LogP contribution in [0.4, 0.5) is 0 Å². The Hall–Kier alpha value is -3.19. The Labute approximate surface area is 213 Å². The molecule has 0 aromatic heterocycles. The molecule has 0 amide bonds. The van der Waals surface area contributed by atoms with E-state index in [1.165, 1.54) is 18.2 Å². The van der Waals surface area contributed by atoms with Gasteiger partial charge in [0, 0.05) is 6.42 Å². The van der Waals surface area contributed by atoms with Gasteiger partial charge >= 0.3 is 11.9 Å². The molecule has 198 valence electrons. The van der Waals surface area contributed by atoms with Crippen molar-refractivity contribution in [3.8, 4) is 5.75 Å². The number of rotatable bonds is 16. The fraction of sp³-hybridized carbons (Fsp3) is 0.483. The van der Waals surface area contributed by atoms with Crippen LogP contribution in [0.15, 0.2) is 53.1 Å². The van der Waals surface area contributed by atoms with E-state index in [1.54, 1.807) is 13.0 Å². The van der Waals surface area contributed by atoms with Gasteiger partial charge in [-0.05, 0) is 96.4 Å². The minimum Gasteiger partial charge on any atom is -0.508 e. The molecule has 0 aliphatic heterocycles. The fourth-order valence-electron chi connectivity index (χ4n) is 3.71. The van der Waals surface area contributed by atoms with Crippen LogP contribution in [-0.2, 0) is 16.0 Å². The number of aliphatic hydroxyl groups is 1. The third-order valence-electron chi connectivity index (χ3n) is 6.24. The molecule has 0 radical (unpaired) electrons. The number of benzene rings is 1. The molecule has 0 aliphatic carbocycles. The molecular formula is C29H40O7. The quantitative estimate of drug-likeness (QED) is 0.205. The molecule has 0 saturated heterocycles. The summed E-state index contributed by atoms with van der Waals surface area (Å²) < 4.78 is 0. The van der Waals surface area contributed by atoms with Crippen LogP contribution in [0.5, 0.6) is 5.75 Å². The lowest BCUT2D eigenvalue weighted by molar-refractivity contribution is -0.136. The molecule has 0 aliphatic rings. The predicted molar refractivity (Wildman–Crippen MR) is 140 cm³/mol. The number of phenolic OH excluding ortho intramolecular Hbond substituents is 1. The van der Waals surface area contributed by atoms with E-state index in [0.717, 1.165) is 29.6 Å². The van der Waals surface area contributed by atoms with Gasteiger partial charge in [-0.1, -0.05) is 34.9 Å². The number of phenols is 1. The number of aliphatic carboxylic acids is 1. The first kappa shape index (κ1) is 30.8. The van der Waals surface area contributed by atoms with Crippen LogP contribution in [0.3, 0.4) is 0 Å². The summed E-state index contributed by atoms with van der Waals surface area (Å²) >= 11 is 0. The Morgan fingerprint density at radius 1 is 0.889 bits per heavy atom. The molecule has 4 N–H and O–H groups in total. The van der Waals surface area contributed by atoms with Gasteiger partial charge in [0.2, 0.25) is 0 Å². The van der Waals surface area contributed by atoms with Crippen LogP contribution in [0.2, 0.25) is 0 Å². The second kappa shape index (κ2) is 15.0. The first-order valence-corrected chi connectivity index (χ1v) is 12.3. The van der Waals surface area contributed by atoms with Gasteiger partial charge in [-0.3, -0.25) is 9.59 Å². The largest absolute Gasteiger partial charge is 0.508 e. The van der Waals surface area contributed by atoms with Crippen LogP contribution < -0.4 is 0 Å². The summed E-state index contributed by atoms with van der Waals surface area (Å²) in [6.07, 6.45) is 10.2. The summed E-state index contributed by atoms with van der Waals surface area (Å²) in [5, 5.41) is 38.3. The van der Waals surface area contributed by atoms with E-state index in [9.17, 15) is 24.6 Å². The highest BCUT2D eigenvalue weighted by Crippen LogP contribution is 2.22. The summed E-state index contributed by atoms with van der Waals surface area (Å²) in [7, 11) is 0. The molecule has 0 fully saturated rings. The van der Waals surface area contributed by atoms with E-state index in [-0.39, 0.29) is 29.9 Å². The van der Waals surface area contributed by atoms with Crippen molar-refractivity contribution in [3.63, 3.8) is 0 Å². The Kier molecular flexibility index (Phi) is 12.9. The van der Waals surface area contributed by atoms with Gasteiger partial charge in [0.15, 0.2) is 5.78 Å². The first-order valence-electron chi connectivity index (χ1n) is 12.3. The van der Waals surface area contributed by atoms with E-state index in [4.69, 9.17) is 10.2 Å². The van der Waals surface area contributed by atoms with Crippen molar-refractivity contribution in [1.82, 2.24) is 0 Å². The summed E-state index contributed by atoms with van der Waals surface area (Å²) in [6.45, 7) is 7.35. The van der Waals surface area contributed by atoms with Crippen molar-refractivity contribution >= 4 is 17.7 Å². The molecule has 1 aromatic rings. The molecule has 1 unspecified atom stereocenters. The second-order valence-corrected chi connectivity index (χ2v) is 9.69. The SMILES string of the molecule is CC(=CCc1cc(C(=O)O)ccc1O)CCC=C(C)CCC(=O)C(C)(O)CCCC(C)=CCC(=O)O. The van der Waals surface area contributed by atoms with Crippen molar-refractivity contribution in [2.24, 2.45) is 0 Å². The molecule has 1 rings (SSSR count). The smallest absolute Gasteiger partial charge is 0.335 e. The monoisotopic (exact) mass is 500 g/mol. The van der Waals surface area contributed by atoms with E-state index >= 15 is 0 Å². The first-order chi connectivity index (χ1) is 16.8. The Balaban J connectivity index is 2.45. The lowest BCUT2D eigenvalue weighted by Crippen LogP contribution is -2.34. The second-order valence-electron chi connectivity index (χ2n) is 9.69. The molecule has 1 aromatic carbocycles. The molecule has 1 atom stereocenters. The van der Waals surface area contributed by atoms with Gasteiger partial charge in [-0.25, -0.2) is 4.79 Å². The number of hydrogen-bond donors (Lipinski definition) is 4. The van der Waals surface area contributed by atoms with Crippen LogP contribution in [0.25, 0.3) is 0 Å².